The first-order valence-electron chi connectivity index (χ1n) is 12.6. The van der Waals surface area contributed by atoms with Gasteiger partial charge in [0.1, 0.15) is 5.75 Å². The summed E-state index contributed by atoms with van der Waals surface area (Å²) in [5.74, 6) is -0.142. The van der Waals surface area contributed by atoms with Crippen molar-refractivity contribution in [1.82, 2.24) is 14.9 Å². The smallest absolute Gasteiger partial charge is 0.303 e. The number of likely N-dealkylation sites (tertiary alicyclic amines) is 1. The van der Waals surface area contributed by atoms with Crippen molar-refractivity contribution < 1.29 is 19.7 Å². The number of fused-ring (bicyclic) bond motifs is 1. The molecule has 2 aromatic heterocycles. The molecule has 0 amide bonds. The summed E-state index contributed by atoms with van der Waals surface area (Å²) in [6, 6.07) is 11.4. The van der Waals surface area contributed by atoms with Gasteiger partial charge in [-0.05, 0) is 87.5 Å². The third-order valence-corrected chi connectivity index (χ3v) is 8.36. The Morgan fingerprint density at radius 2 is 2.00 bits per heavy atom. The Kier molecular flexibility index (Phi) is 9.29. The lowest BCUT2D eigenvalue weighted by Crippen LogP contribution is -2.42. The standard InChI is InChI=1S/C28H34ClN3O4S/c1-36-19-5-6-22-20(16-19)27(21(29)18-31-22)24(33)7-9-28(17-26(34)35)10-14-32(15-11-28)13-8-25(37)23-4-2-3-12-30-23/h2-6,12,16,18,24-25,33,37H,7-11,13-15,17H2,1H3,(H,34,35)/t24-,25?/m0/s1. The van der Waals surface area contributed by atoms with E-state index < -0.39 is 12.1 Å². The fraction of sp³-hybridized carbons (Fsp3) is 0.464. The number of halogens is 1. The molecule has 1 saturated heterocycles. The van der Waals surface area contributed by atoms with Crippen LogP contribution in [0.4, 0.5) is 0 Å². The Labute approximate surface area is 228 Å². The number of carbonyl (C=O) groups is 1. The first kappa shape index (κ1) is 27.6. The molecule has 7 nitrogen and oxygen atoms in total. The van der Waals surface area contributed by atoms with E-state index in [1.165, 1.54) is 0 Å². The molecule has 9 heteroatoms. The number of hydrogen-bond donors (Lipinski definition) is 3. The average molecular weight is 544 g/mol. The number of nitrogens with zero attached hydrogens (tertiary/aromatic N) is 3. The number of rotatable bonds is 11. The molecule has 0 radical (unpaired) electrons. The van der Waals surface area contributed by atoms with Crippen LogP contribution in [0.15, 0.2) is 48.8 Å². The molecule has 1 aliphatic heterocycles. The van der Waals surface area contributed by atoms with Crippen LogP contribution >= 0.6 is 24.2 Å². The second-order valence-electron chi connectivity index (χ2n) is 9.93. The van der Waals surface area contributed by atoms with Crippen molar-refractivity contribution in [3.63, 3.8) is 0 Å². The summed E-state index contributed by atoms with van der Waals surface area (Å²) >= 11 is 11.2. The fourth-order valence-corrected chi connectivity index (χ4v) is 5.88. The van der Waals surface area contributed by atoms with Gasteiger partial charge in [0, 0.05) is 28.6 Å². The van der Waals surface area contributed by atoms with Crippen LogP contribution in [0.1, 0.15) is 61.1 Å². The van der Waals surface area contributed by atoms with E-state index in [1.807, 2.05) is 36.4 Å². The van der Waals surface area contributed by atoms with Crippen LogP contribution in [0.25, 0.3) is 10.9 Å². The molecule has 0 spiro atoms. The van der Waals surface area contributed by atoms with Crippen molar-refractivity contribution in [1.29, 1.82) is 0 Å². The summed E-state index contributed by atoms with van der Waals surface area (Å²) in [4.78, 5) is 22.9. The van der Waals surface area contributed by atoms with Crippen LogP contribution in [0.5, 0.6) is 5.75 Å². The van der Waals surface area contributed by atoms with E-state index in [0.717, 1.165) is 55.5 Å². The predicted octanol–water partition coefficient (Wildman–Crippen LogP) is 5.72. The number of benzene rings is 1. The molecule has 4 rings (SSSR count). The van der Waals surface area contributed by atoms with E-state index in [2.05, 4.69) is 14.9 Å². The number of pyridine rings is 2. The van der Waals surface area contributed by atoms with E-state index in [9.17, 15) is 15.0 Å². The number of carboxylic acid groups (broad SMARTS) is 1. The van der Waals surface area contributed by atoms with Crippen molar-refractivity contribution in [3.05, 3.63) is 65.1 Å². The van der Waals surface area contributed by atoms with Crippen LogP contribution < -0.4 is 4.74 Å². The van der Waals surface area contributed by atoms with Gasteiger partial charge < -0.3 is 19.8 Å². The number of methoxy groups -OCH3 is 1. The van der Waals surface area contributed by atoms with Gasteiger partial charge in [0.2, 0.25) is 0 Å². The molecule has 37 heavy (non-hydrogen) atoms. The molecule has 1 unspecified atom stereocenters. The van der Waals surface area contributed by atoms with E-state index in [-0.39, 0.29) is 17.1 Å². The number of hydrogen-bond acceptors (Lipinski definition) is 7. The quantitative estimate of drug-likeness (QED) is 0.266. The number of aliphatic hydroxyl groups is 1. The molecule has 1 fully saturated rings. The summed E-state index contributed by atoms with van der Waals surface area (Å²) in [5, 5.41) is 22.1. The van der Waals surface area contributed by atoms with Gasteiger partial charge in [0.25, 0.3) is 0 Å². The van der Waals surface area contributed by atoms with Crippen LogP contribution in [0.3, 0.4) is 0 Å². The van der Waals surface area contributed by atoms with Crippen molar-refractivity contribution in [2.45, 2.75) is 49.9 Å². The third kappa shape index (κ3) is 6.93. The Hall–Kier alpha value is -2.39. The highest BCUT2D eigenvalue weighted by atomic mass is 35.5. The maximum Gasteiger partial charge on any atom is 0.303 e. The first-order chi connectivity index (χ1) is 17.8. The Morgan fingerprint density at radius 3 is 2.68 bits per heavy atom. The molecular formula is C28H34ClN3O4S. The highest BCUT2D eigenvalue weighted by Gasteiger charge is 2.37. The summed E-state index contributed by atoms with van der Waals surface area (Å²) in [5.41, 5.74) is 1.94. The zero-order valence-electron chi connectivity index (χ0n) is 21.0. The maximum atomic E-state index is 11.8. The molecule has 1 aliphatic rings. The Balaban J connectivity index is 1.40. The lowest BCUT2D eigenvalue weighted by molar-refractivity contribution is -0.141. The summed E-state index contributed by atoms with van der Waals surface area (Å²) in [6.07, 6.45) is 6.03. The molecule has 3 aromatic rings. The summed E-state index contributed by atoms with van der Waals surface area (Å²) in [7, 11) is 1.59. The number of piperidine rings is 1. The minimum atomic E-state index is -0.836. The number of carboxylic acids is 1. The normalized spacial score (nSPS) is 17.4. The van der Waals surface area contributed by atoms with Gasteiger partial charge in [-0.3, -0.25) is 14.8 Å². The zero-order chi connectivity index (χ0) is 26.4. The van der Waals surface area contributed by atoms with Gasteiger partial charge in [-0.2, -0.15) is 12.6 Å². The van der Waals surface area contributed by atoms with Gasteiger partial charge in [0.15, 0.2) is 0 Å². The van der Waals surface area contributed by atoms with Gasteiger partial charge in [-0.25, -0.2) is 0 Å². The van der Waals surface area contributed by atoms with Crippen molar-refractivity contribution in [2.75, 3.05) is 26.7 Å². The molecular weight excluding hydrogens is 510 g/mol. The second-order valence-corrected chi connectivity index (χ2v) is 11.0. The summed E-state index contributed by atoms with van der Waals surface area (Å²) in [6.45, 7) is 2.53. The largest absolute Gasteiger partial charge is 0.497 e. The molecule has 198 valence electrons. The Bertz CT molecular complexity index is 1200. The minimum Gasteiger partial charge on any atom is -0.497 e. The van der Waals surface area contributed by atoms with Crippen molar-refractivity contribution in [2.24, 2.45) is 5.41 Å². The maximum absolute atomic E-state index is 11.8. The highest BCUT2D eigenvalue weighted by molar-refractivity contribution is 7.80. The predicted molar refractivity (Wildman–Crippen MR) is 148 cm³/mol. The van der Waals surface area contributed by atoms with Gasteiger partial charge in [-0.15, -0.1) is 0 Å². The van der Waals surface area contributed by atoms with Crippen LogP contribution in [-0.2, 0) is 4.79 Å². The van der Waals surface area contributed by atoms with Crippen LogP contribution in [-0.4, -0.2) is 57.8 Å². The van der Waals surface area contributed by atoms with Crippen molar-refractivity contribution >= 4 is 41.1 Å². The Morgan fingerprint density at radius 1 is 1.22 bits per heavy atom. The SMILES string of the molecule is COc1ccc2ncc(Cl)c([C@@H](O)CCC3(CC(=O)O)CCN(CCC(S)c4ccccn4)CC3)c2c1. The first-order valence-corrected chi connectivity index (χ1v) is 13.5. The monoisotopic (exact) mass is 543 g/mol. The molecule has 1 aromatic carbocycles. The van der Waals surface area contributed by atoms with Gasteiger partial charge in [-0.1, -0.05) is 17.7 Å². The van der Waals surface area contributed by atoms with Crippen molar-refractivity contribution in [3.8, 4) is 5.75 Å². The lowest BCUT2D eigenvalue weighted by atomic mass is 9.71. The molecule has 3 heterocycles. The second kappa shape index (κ2) is 12.4. The molecule has 2 N–H and O–H groups in total. The molecule has 0 saturated carbocycles. The third-order valence-electron chi connectivity index (χ3n) is 7.54. The zero-order valence-corrected chi connectivity index (χ0v) is 22.7. The van der Waals surface area contributed by atoms with E-state index in [0.29, 0.717) is 29.2 Å². The van der Waals surface area contributed by atoms with Gasteiger partial charge >= 0.3 is 5.97 Å². The fourth-order valence-electron chi connectivity index (χ4n) is 5.33. The highest BCUT2D eigenvalue weighted by Crippen LogP contribution is 2.43. The molecule has 0 aliphatic carbocycles. The topological polar surface area (TPSA) is 95.8 Å². The number of aromatic nitrogens is 2. The summed E-state index contributed by atoms with van der Waals surface area (Å²) < 4.78 is 5.35. The number of aliphatic hydroxyl groups excluding tert-OH is 1. The average Bonchev–Trinajstić information content (AvgIpc) is 2.91. The number of aliphatic carboxylic acids is 1. The van der Waals surface area contributed by atoms with E-state index >= 15 is 0 Å². The van der Waals surface area contributed by atoms with Crippen LogP contribution in [0.2, 0.25) is 5.02 Å². The lowest BCUT2D eigenvalue weighted by Gasteiger charge is -2.42. The van der Waals surface area contributed by atoms with E-state index in [1.54, 1.807) is 19.5 Å². The number of ether oxygens (including phenoxy) is 1. The van der Waals surface area contributed by atoms with Gasteiger partial charge in [0.05, 0.1) is 35.9 Å². The number of thiol groups is 1. The molecule has 0 bridgehead atoms. The molecule has 2 atom stereocenters. The minimum absolute atomic E-state index is 0.0700. The van der Waals surface area contributed by atoms with E-state index in [4.69, 9.17) is 29.0 Å². The van der Waals surface area contributed by atoms with Crippen LogP contribution in [0, 0.1) is 5.41 Å².